The zero-order valence-electron chi connectivity index (χ0n) is 15.4. The van der Waals surface area contributed by atoms with Gasteiger partial charge < -0.3 is 9.64 Å². The van der Waals surface area contributed by atoms with Crippen molar-refractivity contribution in [1.82, 2.24) is 9.97 Å². The number of fused-ring (bicyclic) bond motifs is 1. The summed E-state index contributed by atoms with van der Waals surface area (Å²) in [5.41, 5.74) is 0.778. The minimum atomic E-state index is -0.466. The Morgan fingerprint density at radius 2 is 2.00 bits per heavy atom. The SMILES string of the molecule is CCOC(=O)c1nc(N(Cc2cccs2)C2CCCC2)c2ccccc2n1. The first kappa shape index (κ1) is 17.9. The summed E-state index contributed by atoms with van der Waals surface area (Å²) >= 11 is 1.75. The van der Waals surface area contributed by atoms with Crippen LogP contribution in [-0.4, -0.2) is 28.6 Å². The molecule has 0 bridgehead atoms. The molecular formula is C21H23N3O2S. The Kier molecular flexibility index (Phi) is 5.34. The molecule has 3 aromatic rings. The summed E-state index contributed by atoms with van der Waals surface area (Å²) in [6.45, 7) is 2.90. The summed E-state index contributed by atoms with van der Waals surface area (Å²) in [6, 6.07) is 12.6. The van der Waals surface area contributed by atoms with E-state index in [4.69, 9.17) is 4.74 Å². The van der Waals surface area contributed by atoms with Crippen molar-refractivity contribution in [2.75, 3.05) is 11.5 Å². The van der Waals surface area contributed by atoms with Gasteiger partial charge in [0.2, 0.25) is 5.82 Å². The third kappa shape index (κ3) is 3.81. The maximum atomic E-state index is 12.3. The van der Waals surface area contributed by atoms with Crippen molar-refractivity contribution in [2.45, 2.75) is 45.2 Å². The molecule has 0 unspecified atom stereocenters. The fourth-order valence-electron chi connectivity index (χ4n) is 3.73. The molecule has 4 rings (SSSR count). The van der Waals surface area contributed by atoms with Crippen LogP contribution in [0.15, 0.2) is 41.8 Å². The smallest absolute Gasteiger partial charge is 0.376 e. The van der Waals surface area contributed by atoms with Crippen molar-refractivity contribution in [2.24, 2.45) is 0 Å². The fraction of sp³-hybridized carbons (Fsp3) is 0.381. The number of rotatable bonds is 6. The van der Waals surface area contributed by atoms with Gasteiger partial charge >= 0.3 is 5.97 Å². The molecule has 2 aromatic heterocycles. The highest BCUT2D eigenvalue weighted by atomic mass is 32.1. The number of thiophene rings is 1. The van der Waals surface area contributed by atoms with E-state index in [1.165, 1.54) is 17.7 Å². The number of anilines is 1. The van der Waals surface area contributed by atoms with Crippen molar-refractivity contribution >= 4 is 34.0 Å². The van der Waals surface area contributed by atoms with Crippen molar-refractivity contribution < 1.29 is 9.53 Å². The molecule has 140 valence electrons. The van der Waals surface area contributed by atoms with Gasteiger partial charge in [-0.05, 0) is 43.3 Å². The number of hydrogen-bond donors (Lipinski definition) is 0. The highest BCUT2D eigenvalue weighted by Crippen LogP contribution is 2.33. The molecule has 5 nitrogen and oxygen atoms in total. The van der Waals surface area contributed by atoms with Gasteiger partial charge in [-0.1, -0.05) is 31.0 Å². The number of nitrogens with zero attached hydrogens (tertiary/aromatic N) is 3. The number of aromatic nitrogens is 2. The van der Waals surface area contributed by atoms with E-state index in [0.29, 0.717) is 12.6 Å². The first-order valence-electron chi connectivity index (χ1n) is 9.49. The summed E-state index contributed by atoms with van der Waals surface area (Å²) in [6.07, 6.45) is 4.77. The van der Waals surface area contributed by atoms with Crippen LogP contribution in [0.4, 0.5) is 5.82 Å². The van der Waals surface area contributed by atoms with E-state index >= 15 is 0 Å². The summed E-state index contributed by atoms with van der Waals surface area (Å²) in [4.78, 5) is 25.1. The molecule has 0 atom stereocenters. The Labute approximate surface area is 163 Å². The van der Waals surface area contributed by atoms with Crippen LogP contribution in [0.25, 0.3) is 10.9 Å². The number of para-hydroxylation sites is 1. The molecule has 6 heteroatoms. The van der Waals surface area contributed by atoms with Crippen molar-refractivity contribution in [3.63, 3.8) is 0 Å². The molecule has 2 heterocycles. The Balaban J connectivity index is 1.82. The molecule has 1 aliphatic carbocycles. The molecular weight excluding hydrogens is 358 g/mol. The predicted molar refractivity (Wildman–Crippen MR) is 108 cm³/mol. The zero-order valence-corrected chi connectivity index (χ0v) is 16.2. The molecule has 1 fully saturated rings. The third-order valence-electron chi connectivity index (χ3n) is 4.98. The van der Waals surface area contributed by atoms with E-state index in [0.717, 1.165) is 36.1 Å². The molecule has 1 aromatic carbocycles. The summed E-state index contributed by atoms with van der Waals surface area (Å²) in [5.74, 6) is 0.510. The van der Waals surface area contributed by atoms with E-state index in [1.54, 1.807) is 18.3 Å². The second kappa shape index (κ2) is 8.05. The van der Waals surface area contributed by atoms with Gasteiger partial charge in [0.1, 0.15) is 5.82 Å². The van der Waals surface area contributed by atoms with E-state index in [1.807, 2.05) is 24.3 Å². The van der Waals surface area contributed by atoms with Crippen molar-refractivity contribution in [3.05, 3.63) is 52.5 Å². The topological polar surface area (TPSA) is 55.3 Å². The normalized spacial score (nSPS) is 14.6. The average molecular weight is 382 g/mol. The van der Waals surface area contributed by atoms with Crippen LogP contribution in [0.2, 0.25) is 0 Å². The minimum Gasteiger partial charge on any atom is -0.460 e. The van der Waals surface area contributed by atoms with E-state index in [9.17, 15) is 4.79 Å². The van der Waals surface area contributed by atoms with Crippen LogP contribution < -0.4 is 4.90 Å². The van der Waals surface area contributed by atoms with Gasteiger partial charge in [-0.25, -0.2) is 14.8 Å². The maximum Gasteiger partial charge on any atom is 0.376 e. The van der Waals surface area contributed by atoms with Crippen LogP contribution in [0.3, 0.4) is 0 Å². The van der Waals surface area contributed by atoms with Gasteiger partial charge in [-0.3, -0.25) is 0 Å². The molecule has 0 radical (unpaired) electrons. The van der Waals surface area contributed by atoms with Gasteiger partial charge in [0.25, 0.3) is 0 Å². The number of carbonyl (C=O) groups is 1. The molecule has 0 saturated heterocycles. The van der Waals surface area contributed by atoms with Crippen LogP contribution in [0, 0.1) is 0 Å². The van der Waals surface area contributed by atoms with Gasteiger partial charge in [0.15, 0.2) is 0 Å². The van der Waals surface area contributed by atoms with Crippen LogP contribution in [0.1, 0.15) is 48.1 Å². The van der Waals surface area contributed by atoms with Crippen molar-refractivity contribution in [3.8, 4) is 0 Å². The standard InChI is InChI=1S/C21H23N3O2S/c1-2-26-21(25)19-22-18-12-6-5-11-17(18)20(23-19)24(15-8-3-4-9-15)14-16-10-7-13-27-16/h5-7,10-13,15H,2-4,8-9,14H2,1H3. The molecule has 0 N–H and O–H groups in total. The van der Waals surface area contributed by atoms with Gasteiger partial charge in [0.05, 0.1) is 18.7 Å². The number of carbonyl (C=O) groups excluding carboxylic acids is 1. The zero-order chi connectivity index (χ0) is 18.6. The lowest BCUT2D eigenvalue weighted by Crippen LogP contribution is -2.34. The van der Waals surface area contributed by atoms with E-state index in [2.05, 4.69) is 32.4 Å². The molecule has 1 aliphatic rings. The first-order chi connectivity index (χ1) is 13.3. The van der Waals surface area contributed by atoms with Crippen LogP contribution >= 0.6 is 11.3 Å². The van der Waals surface area contributed by atoms with Gasteiger partial charge in [-0.2, -0.15) is 0 Å². The third-order valence-corrected chi connectivity index (χ3v) is 5.85. The number of benzene rings is 1. The Bertz CT molecular complexity index is 920. The average Bonchev–Trinajstić information content (AvgIpc) is 3.39. The highest BCUT2D eigenvalue weighted by molar-refractivity contribution is 7.09. The number of ether oxygens (including phenoxy) is 1. The number of hydrogen-bond acceptors (Lipinski definition) is 6. The Morgan fingerprint density at radius 1 is 1.19 bits per heavy atom. The molecule has 1 saturated carbocycles. The largest absolute Gasteiger partial charge is 0.460 e. The molecule has 27 heavy (non-hydrogen) atoms. The number of esters is 1. The molecule has 0 aliphatic heterocycles. The monoisotopic (exact) mass is 381 g/mol. The summed E-state index contributed by atoms with van der Waals surface area (Å²) in [7, 11) is 0. The van der Waals surface area contributed by atoms with Gasteiger partial charge in [-0.15, -0.1) is 11.3 Å². The predicted octanol–water partition coefficient (Wildman–Crippen LogP) is 4.82. The maximum absolute atomic E-state index is 12.3. The lowest BCUT2D eigenvalue weighted by atomic mass is 10.1. The second-order valence-electron chi connectivity index (χ2n) is 6.75. The molecule has 0 spiro atoms. The fourth-order valence-corrected chi connectivity index (χ4v) is 4.43. The quantitative estimate of drug-likeness (QED) is 0.573. The summed E-state index contributed by atoms with van der Waals surface area (Å²) < 4.78 is 5.16. The molecule has 0 amide bonds. The Hall–Kier alpha value is -2.47. The van der Waals surface area contributed by atoms with Crippen LogP contribution in [-0.2, 0) is 11.3 Å². The minimum absolute atomic E-state index is 0.139. The lowest BCUT2D eigenvalue weighted by Gasteiger charge is -2.30. The lowest BCUT2D eigenvalue weighted by molar-refractivity contribution is 0.0512. The van der Waals surface area contributed by atoms with E-state index in [-0.39, 0.29) is 5.82 Å². The van der Waals surface area contributed by atoms with Crippen molar-refractivity contribution in [1.29, 1.82) is 0 Å². The van der Waals surface area contributed by atoms with E-state index < -0.39 is 5.97 Å². The first-order valence-corrected chi connectivity index (χ1v) is 10.4. The summed E-state index contributed by atoms with van der Waals surface area (Å²) in [5, 5.41) is 3.08. The van der Waals surface area contributed by atoms with Gasteiger partial charge in [0, 0.05) is 16.3 Å². The second-order valence-corrected chi connectivity index (χ2v) is 7.79. The van der Waals surface area contributed by atoms with Crippen LogP contribution in [0.5, 0.6) is 0 Å². The highest BCUT2D eigenvalue weighted by Gasteiger charge is 2.27. The Morgan fingerprint density at radius 3 is 2.74 bits per heavy atom.